The summed E-state index contributed by atoms with van der Waals surface area (Å²) in [7, 11) is 0. The van der Waals surface area contributed by atoms with Crippen molar-refractivity contribution in [2.75, 3.05) is 10.9 Å². The van der Waals surface area contributed by atoms with E-state index < -0.39 is 0 Å². The number of aromatic nitrogens is 3. The van der Waals surface area contributed by atoms with Crippen LogP contribution in [-0.4, -0.2) is 15.0 Å². The molecule has 0 amide bonds. The molecule has 1 heterocycles. The molecule has 1 aromatic rings. The van der Waals surface area contributed by atoms with E-state index in [-0.39, 0.29) is 37.9 Å². The fourth-order valence-corrected chi connectivity index (χ4v) is 0.399. The molecule has 1 radical (unpaired) electrons. The van der Waals surface area contributed by atoms with Crippen molar-refractivity contribution in [2.45, 2.75) is 0 Å². The Bertz CT molecular complexity index is 197. The van der Waals surface area contributed by atoms with Gasteiger partial charge in [0.25, 0.3) is 0 Å². The quantitative estimate of drug-likeness (QED) is 0.270. The van der Waals surface area contributed by atoms with Crippen LogP contribution in [0.4, 0.5) is 11.9 Å². The molecule has 65 valence electrons. The van der Waals surface area contributed by atoms with Crippen molar-refractivity contribution in [1.29, 1.82) is 0 Å². The Labute approximate surface area is 82.2 Å². The number of hydrazine groups is 2. The van der Waals surface area contributed by atoms with Gasteiger partial charge in [0.15, 0.2) is 0 Å². The summed E-state index contributed by atoms with van der Waals surface area (Å²) in [5, 5.41) is 0. The van der Waals surface area contributed by atoms with Crippen LogP contribution in [0.25, 0.3) is 0 Å². The number of nitrogen functional groups attached to an aromatic ring is 2. The molecule has 8 heteroatoms. The van der Waals surface area contributed by atoms with Gasteiger partial charge in [0, 0.05) is 6.33 Å². The van der Waals surface area contributed by atoms with Gasteiger partial charge >= 0.3 is 18.6 Å². The summed E-state index contributed by atoms with van der Waals surface area (Å²) in [4.78, 5) is 10.7. The van der Waals surface area contributed by atoms with Gasteiger partial charge in [-0.25, -0.2) is 0 Å². The minimum absolute atomic E-state index is 0. The van der Waals surface area contributed by atoms with E-state index in [4.69, 9.17) is 11.7 Å². The second-order valence-electron chi connectivity index (χ2n) is 1.37. The van der Waals surface area contributed by atoms with Crippen LogP contribution < -0.4 is 22.5 Å². The molecule has 7 nitrogen and oxygen atoms in total. The molecule has 6 N–H and O–H groups in total. The average molecular weight is 206 g/mol. The molecule has 0 aliphatic carbocycles. The van der Waals surface area contributed by atoms with Crippen molar-refractivity contribution in [2.24, 2.45) is 11.7 Å². The number of nitrogens with one attached hydrogen (secondary N) is 2. The number of anilines is 2. The summed E-state index contributed by atoms with van der Waals surface area (Å²) in [5.41, 5.74) is 4.43. The van der Waals surface area contributed by atoms with Gasteiger partial charge in [-0.3, -0.25) is 11.7 Å². The van der Waals surface area contributed by atoms with Crippen LogP contribution in [0.15, 0.2) is 0 Å². The van der Waals surface area contributed by atoms with Crippen molar-refractivity contribution >= 4 is 11.9 Å². The second-order valence-corrected chi connectivity index (χ2v) is 1.37. The number of hydrogen-bond acceptors (Lipinski definition) is 7. The molecule has 0 aliphatic rings. The van der Waals surface area contributed by atoms with E-state index in [1.165, 1.54) is 0 Å². The molecule has 0 atom stereocenters. The Kier molecular flexibility index (Phi) is 7.76. The van der Waals surface area contributed by atoms with Crippen molar-refractivity contribution in [3.63, 3.8) is 0 Å². The minimum atomic E-state index is 0. The number of nitrogens with zero attached hydrogens (tertiary/aromatic N) is 3. The maximum atomic E-state index is 4.98. The summed E-state index contributed by atoms with van der Waals surface area (Å²) >= 11 is 0. The molecule has 0 unspecified atom stereocenters. The summed E-state index contributed by atoms with van der Waals surface area (Å²) in [5.74, 6) is 10.4. The van der Waals surface area contributed by atoms with E-state index in [9.17, 15) is 0 Å². The molecule has 0 fully saturated rings. The van der Waals surface area contributed by atoms with Gasteiger partial charge in [-0.2, -0.15) is 0 Å². The maximum absolute atomic E-state index is 4.98. The molecule has 0 bridgehead atoms. The van der Waals surface area contributed by atoms with Crippen LogP contribution in [-0.2, 0) is 18.6 Å². The first-order valence-electron chi connectivity index (χ1n) is 2.42. The average Bonchev–Trinajstić information content (AvgIpc) is 2.05. The van der Waals surface area contributed by atoms with Crippen molar-refractivity contribution in [1.82, 2.24) is 15.0 Å². The largest absolute Gasteiger partial charge is 2.00 e. The van der Waals surface area contributed by atoms with Crippen LogP contribution in [0.3, 0.4) is 0 Å². The minimum Gasteiger partial charge on any atom is -0.358 e. The second kappa shape index (κ2) is 6.80. The third-order valence-corrected chi connectivity index (χ3v) is 0.782. The molecule has 1 rings (SSSR count). The van der Waals surface area contributed by atoms with Gasteiger partial charge in [-0.15, -0.1) is 0 Å². The number of hydrogen-bond donors (Lipinski definition) is 4. The fourth-order valence-electron chi connectivity index (χ4n) is 0.399. The molecular weight excluding hydrogens is 197 g/mol. The summed E-state index contributed by atoms with van der Waals surface area (Å²) in [6, 6.07) is 0. The van der Waals surface area contributed by atoms with Gasteiger partial charge in [0.1, 0.15) is 11.9 Å². The Morgan fingerprint density at radius 3 is 1.83 bits per heavy atom. The van der Waals surface area contributed by atoms with Crippen molar-refractivity contribution < 1.29 is 18.6 Å². The Hall–Kier alpha value is -0.886. The van der Waals surface area contributed by atoms with E-state index in [1.54, 1.807) is 0 Å². The third kappa shape index (κ3) is 3.49. The first-order valence-corrected chi connectivity index (χ1v) is 2.42. The van der Waals surface area contributed by atoms with Gasteiger partial charge in [0.2, 0.25) is 0 Å². The zero-order valence-corrected chi connectivity index (χ0v) is 7.84. The summed E-state index contributed by atoms with van der Waals surface area (Å²) < 4.78 is 0. The van der Waals surface area contributed by atoms with E-state index >= 15 is 0 Å². The predicted octanol–water partition coefficient (Wildman–Crippen LogP) is -1.31. The predicted molar refractivity (Wildman–Crippen MR) is 40.7 cm³/mol. The molecule has 0 saturated heterocycles. The molecule has 0 spiro atoms. The molecule has 12 heavy (non-hydrogen) atoms. The van der Waals surface area contributed by atoms with Crippen LogP contribution in [0.5, 0.6) is 0 Å². The molecule has 0 saturated carbocycles. The smallest absolute Gasteiger partial charge is 0.358 e. The van der Waals surface area contributed by atoms with Crippen LogP contribution >= 0.6 is 0 Å². The first-order chi connectivity index (χ1) is 4.86. The van der Waals surface area contributed by atoms with Crippen LogP contribution in [0.2, 0.25) is 0 Å². The van der Waals surface area contributed by atoms with Crippen molar-refractivity contribution in [3.8, 4) is 0 Å². The molecule has 0 aliphatic heterocycles. The normalized spacial score (nSPS) is 7.50. The summed E-state index contributed by atoms with van der Waals surface area (Å²) in [6.45, 7) is 0. The summed E-state index contributed by atoms with van der Waals surface area (Å²) in [6.07, 6.45) is 2.28. The standard InChI is InChI=1S/C3H6N7.CH3.V/c4-9-2-6-1-7-3(8-2)10-5;;/h4-5H2,(H2,6,7,8,9,10);1H3;/q2*-1;+2. The topological polar surface area (TPSA) is 115 Å². The van der Waals surface area contributed by atoms with Gasteiger partial charge in [-0.05, 0) is 0 Å². The number of nitrogens with two attached hydrogens (primary N) is 2. The van der Waals surface area contributed by atoms with Gasteiger partial charge in [-0.1, -0.05) is 0 Å². The Morgan fingerprint density at radius 2 is 1.50 bits per heavy atom. The molecule has 1 aromatic heterocycles. The van der Waals surface area contributed by atoms with Gasteiger partial charge < -0.3 is 33.2 Å². The third-order valence-electron chi connectivity index (χ3n) is 0.782. The SMILES string of the molecule is NNc1n[c-]nc(NN)n1.[CH3-].[V+2]. The number of rotatable bonds is 2. The van der Waals surface area contributed by atoms with Crippen LogP contribution in [0, 0.1) is 13.8 Å². The maximum Gasteiger partial charge on any atom is 2.00 e. The zero-order chi connectivity index (χ0) is 7.40. The van der Waals surface area contributed by atoms with E-state index in [2.05, 4.69) is 32.1 Å². The van der Waals surface area contributed by atoms with Gasteiger partial charge in [0.05, 0.1) is 0 Å². The first kappa shape index (κ1) is 13.7. The van der Waals surface area contributed by atoms with Crippen molar-refractivity contribution in [3.05, 3.63) is 13.8 Å². The van der Waals surface area contributed by atoms with Crippen LogP contribution in [0.1, 0.15) is 0 Å². The van der Waals surface area contributed by atoms with E-state index in [0.717, 1.165) is 0 Å². The Balaban J connectivity index is 0. The molecular formula is C4H9N7V. The monoisotopic (exact) mass is 206 g/mol. The fraction of sp³-hybridized carbons (Fsp3) is 0. The zero-order valence-electron chi connectivity index (χ0n) is 6.44. The molecule has 0 aromatic carbocycles. The Morgan fingerprint density at radius 1 is 1.08 bits per heavy atom. The van der Waals surface area contributed by atoms with E-state index in [1.807, 2.05) is 0 Å². The van der Waals surface area contributed by atoms with E-state index in [0.29, 0.717) is 0 Å².